The molecule has 1 aromatic carbocycles. The molecule has 132 valence electrons. The van der Waals surface area contributed by atoms with Gasteiger partial charge < -0.3 is 10.2 Å². The van der Waals surface area contributed by atoms with E-state index < -0.39 is 0 Å². The summed E-state index contributed by atoms with van der Waals surface area (Å²) in [5, 5.41) is 21.3. The molecule has 1 N–H and O–H groups in total. The van der Waals surface area contributed by atoms with Crippen molar-refractivity contribution in [2.24, 2.45) is 5.92 Å². The molecule has 0 spiro atoms. The van der Waals surface area contributed by atoms with Gasteiger partial charge in [0.25, 0.3) is 0 Å². The molecule has 1 heterocycles. The van der Waals surface area contributed by atoms with Crippen LogP contribution in [0.3, 0.4) is 0 Å². The van der Waals surface area contributed by atoms with E-state index in [1.54, 1.807) is 0 Å². The summed E-state index contributed by atoms with van der Waals surface area (Å²) in [7, 11) is 2.11. The highest BCUT2D eigenvalue weighted by molar-refractivity contribution is 5.56. The second-order valence-electron chi connectivity index (χ2n) is 6.92. The van der Waals surface area contributed by atoms with Crippen molar-refractivity contribution in [2.75, 3.05) is 18.9 Å². The quantitative estimate of drug-likeness (QED) is 0.837. The summed E-state index contributed by atoms with van der Waals surface area (Å²) in [5.74, 6) is 0.977. The van der Waals surface area contributed by atoms with Gasteiger partial charge in [-0.3, -0.25) is 0 Å². The van der Waals surface area contributed by atoms with E-state index in [1.807, 2.05) is 19.9 Å². The molecule has 0 fully saturated rings. The van der Waals surface area contributed by atoms with Gasteiger partial charge in [0.05, 0.1) is 5.69 Å². The second kappa shape index (κ2) is 8.59. The highest BCUT2D eigenvalue weighted by Crippen LogP contribution is 2.20. The lowest BCUT2D eigenvalue weighted by atomic mass is 10.0. The summed E-state index contributed by atoms with van der Waals surface area (Å²) in [5.41, 5.74) is 3.56. The van der Waals surface area contributed by atoms with E-state index >= 15 is 0 Å². The lowest BCUT2D eigenvalue weighted by Crippen LogP contribution is -2.38. The Morgan fingerprint density at radius 3 is 2.44 bits per heavy atom. The van der Waals surface area contributed by atoms with Crippen LogP contribution in [0.15, 0.2) is 30.3 Å². The number of aryl methyl sites for hydroxylation is 1. The van der Waals surface area contributed by atoms with E-state index in [0.29, 0.717) is 17.3 Å². The maximum absolute atomic E-state index is 9.48. The first-order valence-electron chi connectivity index (χ1n) is 8.65. The fraction of sp³-hybridized carbons (Fsp3) is 0.450. The van der Waals surface area contributed by atoms with Crippen LogP contribution in [-0.4, -0.2) is 34.7 Å². The number of nitrogens with one attached hydrogen (secondary N) is 1. The Kier molecular flexibility index (Phi) is 6.49. The van der Waals surface area contributed by atoms with Gasteiger partial charge in [-0.05, 0) is 37.9 Å². The Morgan fingerprint density at radius 1 is 1.16 bits per heavy atom. The van der Waals surface area contributed by atoms with Crippen LogP contribution < -0.4 is 5.32 Å². The third kappa shape index (κ3) is 5.01. The zero-order valence-corrected chi connectivity index (χ0v) is 15.7. The summed E-state index contributed by atoms with van der Waals surface area (Å²) in [6.07, 6.45) is 0. The number of rotatable bonds is 7. The molecule has 1 aromatic heterocycles. The van der Waals surface area contributed by atoms with Gasteiger partial charge in [0.2, 0.25) is 0 Å². The van der Waals surface area contributed by atoms with Gasteiger partial charge in [-0.25, -0.2) is 0 Å². The first-order valence-corrected chi connectivity index (χ1v) is 8.65. The standard InChI is InChI=1S/C20H27N5/c1-14(2)19(13-25(5)12-17-9-7-6-8-10-17)22-20-18(11-21)15(3)16(4)23-24-20/h6-10,14,19H,12-13H2,1-5H3,(H,22,24). The van der Waals surface area contributed by atoms with Gasteiger partial charge >= 0.3 is 0 Å². The zero-order valence-electron chi connectivity index (χ0n) is 15.7. The van der Waals surface area contributed by atoms with Crippen LogP contribution >= 0.6 is 0 Å². The van der Waals surface area contributed by atoms with Crippen molar-refractivity contribution < 1.29 is 0 Å². The number of benzene rings is 1. The minimum Gasteiger partial charge on any atom is -0.363 e. The number of nitriles is 1. The molecule has 0 aliphatic carbocycles. The molecular weight excluding hydrogens is 310 g/mol. The van der Waals surface area contributed by atoms with Crippen LogP contribution in [0.4, 0.5) is 5.82 Å². The van der Waals surface area contributed by atoms with Crippen LogP contribution in [0.5, 0.6) is 0 Å². The summed E-state index contributed by atoms with van der Waals surface area (Å²) in [6, 6.07) is 12.9. The predicted octanol–water partition coefficient (Wildman–Crippen LogP) is 3.53. The monoisotopic (exact) mass is 337 g/mol. The summed E-state index contributed by atoms with van der Waals surface area (Å²) in [6.45, 7) is 9.88. The fourth-order valence-corrected chi connectivity index (χ4v) is 2.74. The molecule has 0 aliphatic rings. The largest absolute Gasteiger partial charge is 0.363 e. The number of likely N-dealkylation sites (N-methyl/N-ethyl adjacent to an activating group) is 1. The molecule has 0 bridgehead atoms. The Balaban J connectivity index is 2.12. The first-order chi connectivity index (χ1) is 11.9. The number of anilines is 1. The molecule has 0 saturated carbocycles. The van der Waals surface area contributed by atoms with Crippen LogP contribution in [0.25, 0.3) is 0 Å². The highest BCUT2D eigenvalue weighted by atomic mass is 15.2. The lowest BCUT2D eigenvalue weighted by molar-refractivity contribution is 0.286. The van der Waals surface area contributed by atoms with E-state index in [2.05, 4.69) is 71.6 Å². The van der Waals surface area contributed by atoms with Gasteiger partial charge in [-0.15, -0.1) is 5.10 Å². The first kappa shape index (κ1) is 18.9. The van der Waals surface area contributed by atoms with Crippen LogP contribution in [0.2, 0.25) is 0 Å². The Hall–Kier alpha value is -2.45. The van der Waals surface area contributed by atoms with E-state index in [9.17, 15) is 5.26 Å². The molecule has 5 nitrogen and oxygen atoms in total. The molecule has 2 rings (SSSR count). The topological polar surface area (TPSA) is 64.8 Å². The van der Waals surface area contributed by atoms with Gasteiger partial charge in [0, 0.05) is 19.1 Å². The van der Waals surface area contributed by atoms with Gasteiger partial charge in [-0.1, -0.05) is 44.2 Å². The third-order valence-electron chi connectivity index (χ3n) is 4.50. The van der Waals surface area contributed by atoms with Crippen LogP contribution in [-0.2, 0) is 6.54 Å². The van der Waals surface area contributed by atoms with Gasteiger partial charge in [0.1, 0.15) is 11.6 Å². The lowest BCUT2D eigenvalue weighted by Gasteiger charge is -2.28. The van der Waals surface area contributed by atoms with E-state index in [-0.39, 0.29) is 6.04 Å². The SMILES string of the molecule is Cc1nnc(NC(CN(C)Cc2ccccc2)C(C)C)c(C#N)c1C. The number of hydrogen-bond acceptors (Lipinski definition) is 5. The molecule has 0 aliphatic heterocycles. The van der Waals surface area contributed by atoms with Crippen molar-refractivity contribution in [1.29, 1.82) is 5.26 Å². The molecule has 25 heavy (non-hydrogen) atoms. The van der Waals surface area contributed by atoms with Crippen molar-refractivity contribution in [3.8, 4) is 6.07 Å². The third-order valence-corrected chi connectivity index (χ3v) is 4.50. The number of aromatic nitrogens is 2. The fourth-order valence-electron chi connectivity index (χ4n) is 2.74. The van der Waals surface area contributed by atoms with Crippen molar-refractivity contribution >= 4 is 5.82 Å². The van der Waals surface area contributed by atoms with E-state index in [1.165, 1.54) is 5.56 Å². The Bertz CT molecular complexity index is 734. The highest BCUT2D eigenvalue weighted by Gasteiger charge is 2.19. The average Bonchev–Trinajstić information content (AvgIpc) is 2.58. The molecule has 1 unspecified atom stereocenters. The predicted molar refractivity (Wildman–Crippen MR) is 101 cm³/mol. The molecule has 1 atom stereocenters. The molecule has 5 heteroatoms. The smallest absolute Gasteiger partial charge is 0.167 e. The summed E-state index contributed by atoms with van der Waals surface area (Å²) in [4.78, 5) is 2.29. The zero-order chi connectivity index (χ0) is 18.4. The van der Waals surface area contributed by atoms with Crippen molar-refractivity contribution in [2.45, 2.75) is 40.3 Å². The van der Waals surface area contributed by atoms with E-state index in [0.717, 1.165) is 24.3 Å². The Morgan fingerprint density at radius 2 is 1.84 bits per heavy atom. The van der Waals surface area contributed by atoms with Crippen molar-refractivity contribution in [3.05, 3.63) is 52.7 Å². The van der Waals surface area contributed by atoms with Gasteiger partial charge in [0.15, 0.2) is 5.82 Å². The minimum atomic E-state index is 0.178. The maximum Gasteiger partial charge on any atom is 0.167 e. The molecule has 0 saturated heterocycles. The minimum absolute atomic E-state index is 0.178. The molecular formula is C20H27N5. The molecule has 2 aromatic rings. The second-order valence-corrected chi connectivity index (χ2v) is 6.92. The van der Waals surface area contributed by atoms with Crippen molar-refractivity contribution in [1.82, 2.24) is 15.1 Å². The molecule has 0 radical (unpaired) electrons. The van der Waals surface area contributed by atoms with Crippen LogP contribution in [0.1, 0.15) is 36.2 Å². The summed E-state index contributed by atoms with van der Waals surface area (Å²) >= 11 is 0. The number of nitrogens with zero attached hydrogens (tertiary/aromatic N) is 4. The average molecular weight is 337 g/mol. The van der Waals surface area contributed by atoms with Crippen molar-refractivity contribution in [3.63, 3.8) is 0 Å². The normalized spacial score (nSPS) is 12.2. The maximum atomic E-state index is 9.48. The molecule has 0 amide bonds. The van der Waals surface area contributed by atoms with Crippen LogP contribution in [0, 0.1) is 31.1 Å². The summed E-state index contributed by atoms with van der Waals surface area (Å²) < 4.78 is 0. The van der Waals surface area contributed by atoms with E-state index in [4.69, 9.17) is 0 Å². The number of hydrogen-bond donors (Lipinski definition) is 1. The Labute approximate surface area is 150 Å². The van der Waals surface area contributed by atoms with Gasteiger partial charge in [-0.2, -0.15) is 10.4 Å².